The number of amides is 1. The van der Waals surface area contributed by atoms with Gasteiger partial charge in [0, 0.05) is 42.6 Å². The third-order valence-corrected chi connectivity index (χ3v) is 14.2. The number of nitrogens with one attached hydrogen (secondary N) is 1. The topological polar surface area (TPSA) is 119 Å². The molecule has 3 aromatic carbocycles. The van der Waals surface area contributed by atoms with Crippen LogP contribution in [0.15, 0.2) is 95.0 Å². The molecule has 10 heteroatoms. The Morgan fingerprint density at radius 1 is 0.887 bits per heavy atom. The van der Waals surface area contributed by atoms with Crippen molar-refractivity contribution in [1.82, 2.24) is 5.32 Å². The van der Waals surface area contributed by atoms with Crippen LogP contribution in [-0.2, 0) is 9.57 Å². The Kier molecular flexibility index (Phi) is 19.1. The lowest BCUT2D eigenvalue weighted by atomic mass is 9.56. The first kappa shape index (κ1) is 47.6. The van der Waals surface area contributed by atoms with Gasteiger partial charge in [0.05, 0.1) is 23.5 Å². The van der Waals surface area contributed by atoms with E-state index in [-0.39, 0.29) is 48.7 Å². The van der Waals surface area contributed by atoms with E-state index < -0.39 is 11.9 Å². The lowest BCUT2D eigenvalue weighted by Crippen LogP contribution is -2.64. The first-order valence-corrected chi connectivity index (χ1v) is 24.7. The Hall–Kier alpha value is -3.83. The van der Waals surface area contributed by atoms with Crippen LogP contribution in [0.5, 0.6) is 11.5 Å². The third-order valence-electron chi connectivity index (χ3n) is 12.9. The zero-order chi connectivity index (χ0) is 43.6. The van der Waals surface area contributed by atoms with Gasteiger partial charge in [-0.25, -0.2) is 4.79 Å². The summed E-state index contributed by atoms with van der Waals surface area (Å²) < 4.78 is 20.4. The van der Waals surface area contributed by atoms with E-state index in [2.05, 4.69) is 67.4 Å². The summed E-state index contributed by atoms with van der Waals surface area (Å²) in [6.45, 7) is 9.85. The van der Waals surface area contributed by atoms with E-state index in [9.17, 15) is 15.0 Å². The number of benzene rings is 3. The molecule has 3 aliphatic rings. The number of carbonyl (C=O) groups excluding carboxylic acids is 1. The lowest BCUT2D eigenvalue weighted by molar-refractivity contribution is -0.223. The molecule has 0 saturated heterocycles. The standard InChI is InChI=1S/C52H72N2O7S/c1-4-7-8-9-10-11-12-13-14-19-30-53-51(57)60-41-27-29-47-45(36-41)49-43(25-18-21-32-56)40(24-17-20-31-55)35-44-46(54-59-6-3)37-48(52(61-47,50(44)49)58-33-5-2)62-42-28-26-38-22-15-16-23-39(38)34-42/h5,15-16,22-23,26-29,34-36,40,43,48-50,55-56H,2,4,6-14,17-21,24-25,30-33,37H2,1,3H3,(H,53,57)/t40-,43+,48-,49+,50+,52+/m0/s1. The van der Waals surface area contributed by atoms with Gasteiger partial charge in [0.25, 0.3) is 0 Å². The molecule has 9 nitrogen and oxygen atoms in total. The molecule has 1 heterocycles. The first-order chi connectivity index (χ1) is 30.5. The fourth-order valence-corrected chi connectivity index (χ4v) is 11.3. The van der Waals surface area contributed by atoms with Gasteiger partial charge in [0.2, 0.25) is 5.79 Å². The van der Waals surface area contributed by atoms with E-state index in [4.69, 9.17) is 24.2 Å². The van der Waals surface area contributed by atoms with Crippen LogP contribution in [0.1, 0.15) is 134 Å². The second-order valence-corrected chi connectivity index (χ2v) is 18.6. The lowest BCUT2D eigenvalue weighted by Gasteiger charge is -2.58. The number of unbranched alkanes of at least 4 members (excludes halogenated alkanes) is 11. The minimum absolute atomic E-state index is 0.105. The van der Waals surface area contributed by atoms with Crippen molar-refractivity contribution in [3.05, 3.63) is 90.5 Å². The van der Waals surface area contributed by atoms with Crippen molar-refractivity contribution in [3.8, 4) is 11.5 Å². The Labute approximate surface area is 375 Å². The smallest absolute Gasteiger partial charge is 0.412 e. The minimum atomic E-state index is -1.11. The van der Waals surface area contributed by atoms with Gasteiger partial charge in [0.15, 0.2) is 0 Å². The van der Waals surface area contributed by atoms with Crippen molar-refractivity contribution in [3.63, 3.8) is 0 Å². The molecule has 1 amide bonds. The molecular weight excluding hydrogens is 797 g/mol. The molecule has 2 aliphatic carbocycles. The number of carbonyl (C=O) groups is 1. The van der Waals surface area contributed by atoms with Crippen LogP contribution >= 0.6 is 11.8 Å². The van der Waals surface area contributed by atoms with Crippen molar-refractivity contribution in [2.75, 3.05) is 33.0 Å². The molecule has 62 heavy (non-hydrogen) atoms. The highest BCUT2D eigenvalue weighted by Crippen LogP contribution is 2.63. The van der Waals surface area contributed by atoms with Crippen molar-refractivity contribution >= 4 is 34.3 Å². The van der Waals surface area contributed by atoms with E-state index in [1.807, 2.05) is 25.1 Å². The average molecular weight is 869 g/mol. The van der Waals surface area contributed by atoms with Crippen molar-refractivity contribution < 1.29 is 34.1 Å². The van der Waals surface area contributed by atoms with Gasteiger partial charge in [-0.05, 0) is 97.5 Å². The summed E-state index contributed by atoms with van der Waals surface area (Å²) in [6, 6.07) is 20.8. The molecule has 0 aromatic heterocycles. The molecule has 0 unspecified atom stereocenters. The summed E-state index contributed by atoms with van der Waals surface area (Å²) in [7, 11) is 0. The summed E-state index contributed by atoms with van der Waals surface area (Å²) >= 11 is 1.75. The third kappa shape index (κ3) is 12.2. The number of nitrogens with zero attached hydrogens (tertiary/aromatic N) is 1. The summed E-state index contributed by atoms with van der Waals surface area (Å²) in [6.07, 6.45) is 21.6. The number of oxime groups is 1. The summed E-state index contributed by atoms with van der Waals surface area (Å²) in [5.41, 5.74) is 2.94. The molecule has 1 aliphatic heterocycles. The summed E-state index contributed by atoms with van der Waals surface area (Å²) in [5.74, 6) is -0.0207. The zero-order valence-electron chi connectivity index (χ0n) is 37.4. The number of hydrogen-bond acceptors (Lipinski definition) is 9. The van der Waals surface area contributed by atoms with E-state index in [1.165, 1.54) is 62.1 Å². The van der Waals surface area contributed by atoms with Crippen LogP contribution in [0.2, 0.25) is 0 Å². The number of rotatable bonds is 27. The van der Waals surface area contributed by atoms with Crippen LogP contribution in [0.4, 0.5) is 4.79 Å². The molecule has 3 N–H and O–H groups in total. The van der Waals surface area contributed by atoms with E-state index in [1.54, 1.807) is 17.8 Å². The van der Waals surface area contributed by atoms with Gasteiger partial charge < -0.3 is 34.6 Å². The van der Waals surface area contributed by atoms with Gasteiger partial charge in [-0.3, -0.25) is 0 Å². The van der Waals surface area contributed by atoms with Gasteiger partial charge in [-0.2, -0.15) is 0 Å². The van der Waals surface area contributed by atoms with Crippen LogP contribution < -0.4 is 14.8 Å². The predicted octanol–water partition coefficient (Wildman–Crippen LogP) is 12.3. The van der Waals surface area contributed by atoms with Crippen LogP contribution in [0, 0.1) is 17.8 Å². The monoisotopic (exact) mass is 869 g/mol. The Bertz CT molecular complexity index is 1930. The maximum atomic E-state index is 13.3. The fourth-order valence-electron chi connectivity index (χ4n) is 9.98. The zero-order valence-corrected chi connectivity index (χ0v) is 38.2. The number of hydrogen-bond donors (Lipinski definition) is 3. The molecule has 1 fully saturated rings. The van der Waals surface area contributed by atoms with Crippen LogP contribution in [0.25, 0.3) is 10.8 Å². The number of aliphatic hydroxyl groups is 2. The SMILES string of the molecule is C=CCO[C@@]12Oc3ccc(OC(=O)NCCCCCCCCCCCC)cc3[C@H]3[C@H](CCCCO)[C@@H](CCCCO)C=C(C(=NOCC)C[C@@H]1Sc1ccc4ccccc4c1)[C@H]32. The Balaban J connectivity index is 1.33. The molecule has 6 rings (SSSR count). The summed E-state index contributed by atoms with van der Waals surface area (Å²) in [4.78, 5) is 20.2. The number of thioether (sulfide) groups is 1. The van der Waals surface area contributed by atoms with E-state index >= 15 is 0 Å². The van der Waals surface area contributed by atoms with Crippen molar-refractivity contribution in [2.45, 2.75) is 145 Å². The first-order valence-electron chi connectivity index (χ1n) is 23.8. The molecule has 0 bridgehead atoms. The molecule has 0 spiro atoms. The number of ether oxygens (including phenoxy) is 3. The maximum Gasteiger partial charge on any atom is 0.412 e. The molecular formula is C52H72N2O7S. The van der Waals surface area contributed by atoms with Crippen molar-refractivity contribution in [2.24, 2.45) is 22.9 Å². The normalized spacial score (nSPS) is 23.3. The summed E-state index contributed by atoms with van der Waals surface area (Å²) in [5, 5.41) is 29.7. The van der Waals surface area contributed by atoms with Crippen molar-refractivity contribution in [1.29, 1.82) is 0 Å². The predicted molar refractivity (Wildman–Crippen MR) is 252 cm³/mol. The van der Waals surface area contributed by atoms with E-state index in [0.29, 0.717) is 37.5 Å². The number of aliphatic hydroxyl groups excluding tert-OH is 2. The van der Waals surface area contributed by atoms with Gasteiger partial charge in [-0.15, -0.1) is 18.3 Å². The van der Waals surface area contributed by atoms with Crippen LogP contribution in [0.3, 0.4) is 0 Å². The van der Waals surface area contributed by atoms with E-state index in [0.717, 1.165) is 66.7 Å². The molecule has 3 aromatic rings. The van der Waals surface area contributed by atoms with Gasteiger partial charge in [-0.1, -0.05) is 125 Å². The van der Waals surface area contributed by atoms with Crippen LogP contribution in [-0.4, -0.2) is 66.0 Å². The largest absolute Gasteiger partial charge is 0.460 e. The number of fused-ring (bicyclic) bond motifs is 3. The highest BCUT2D eigenvalue weighted by atomic mass is 32.2. The number of allylic oxidation sites excluding steroid dienone is 1. The highest BCUT2D eigenvalue weighted by molar-refractivity contribution is 8.00. The average Bonchev–Trinajstić information content (AvgIpc) is 3.28. The van der Waals surface area contributed by atoms with Gasteiger partial charge in [0.1, 0.15) is 18.1 Å². The second kappa shape index (κ2) is 24.9. The second-order valence-electron chi connectivity index (χ2n) is 17.3. The quantitative estimate of drug-likeness (QED) is 0.0394. The Morgan fingerprint density at radius 3 is 2.34 bits per heavy atom. The minimum Gasteiger partial charge on any atom is -0.460 e. The molecule has 1 saturated carbocycles. The maximum absolute atomic E-state index is 13.3. The van der Waals surface area contributed by atoms with Gasteiger partial charge >= 0.3 is 6.09 Å². The molecule has 0 radical (unpaired) electrons. The highest BCUT2D eigenvalue weighted by Gasteiger charge is 2.64. The Morgan fingerprint density at radius 2 is 1.61 bits per heavy atom. The molecule has 338 valence electrons. The fraction of sp³-hybridized carbons (Fsp3) is 0.577. The molecule has 6 atom stereocenters.